The number of anilines is 1. The zero-order valence-electron chi connectivity index (χ0n) is 11.9. The van der Waals surface area contributed by atoms with Crippen molar-refractivity contribution in [2.24, 2.45) is 0 Å². The second-order valence-corrected chi connectivity index (χ2v) is 4.99. The van der Waals surface area contributed by atoms with Gasteiger partial charge in [-0.25, -0.2) is 0 Å². The fraction of sp³-hybridized carbons (Fsp3) is 0.533. The summed E-state index contributed by atoms with van der Waals surface area (Å²) in [4.78, 5) is 12.1. The number of rotatable bonds is 5. The van der Waals surface area contributed by atoms with Gasteiger partial charge in [0.15, 0.2) is 0 Å². The van der Waals surface area contributed by atoms with Crippen LogP contribution in [0.5, 0.6) is 5.75 Å². The van der Waals surface area contributed by atoms with Crippen LogP contribution in [0, 0.1) is 0 Å². The zero-order chi connectivity index (χ0) is 14.4. The number of nitrogens with one attached hydrogen (secondary N) is 1. The molecule has 1 fully saturated rings. The lowest BCUT2D eigenvalue weighted by molar-refractivity contribution is 0.0117. The highest BCUT2D eigenvalue weighted by Gasteiger charge is 2.15. The number of hydrogen-bond donors (Lipinski definition) is 2. The van der Waals surface area contributed by atoms with E-state index in [2.05, 4.69) is 5.32 Å². The SMILES string of the molecule is COc1cc(N)ccc1C(=O)NCCC1CCCCO1. The average molecular weight is 278 g/mol. The normalized spacial score (nSPS) is 18.6. The van der Waals surface area contributed by atoms with Gasteiger partial charge in [0, 0.05) is 24.9 Å². The van der Waals surface area contributed by atoms with E-state index in [1.54, 1.807) is 18.2 Å². The summed E-state index contributed by atoms with van der Waals surface area (Å²) in [6.45, 7) is 1.45. The highest BCUT2D eigenvalue weighted by molar-refractivity contribution is 5.97. The smallest absolute Gasteiger partial charge is 0.255 e. The van der Waals surface area contributed by atoms with E-state index >= 15 is 0 Å². The fourth-order valence-corrected chi connectivity index (χ4v) is 2.37. The molecular weight excluding hydrogens is 256 g/mol. The van der Waals surface area contributed by atoms with Crippen LogP contribution in [0.15, 0.2) is 18.2 Å². The van der Waals surface area contributed by atoms with Gasteiger partial charge in [0.25, 0.3) is 5.91 Å². The maximum atomic E-state index is 12.1. The summed E-state index contributed by atoms with van der Waals surface area (Å²) in [7, 11) is 1.53. The molecule has 1 saturated heterocycles. The highest BCUT2D eigenvalue weighted by Crippen LogP contribution is 2.21. The van der Waals surface area contributed by atoms with E-state index in [0.29, 0.717) is 23.5 Å². The lowest BCUT2D eigenvalue weighted by Gasteiger charge is -2.22. The summed E-state index contributed by atoms with van der Waals surface area (Å²) >= 11 is 0. The van der Waals surface area contributed by atoms with Crippen LogP contribution >= 0.6 is 0 Å². The topological polar surface area (TPSA) is 73.6 Å². The molecule has 0 aromatic heterocycles. The van der Waals surface area contributed by atoms with Crippen molar-refractivity contribution in [2.75, 3.05) is 26.0 Å². The second kappa shape index (κ2) is 7.14. The van der Waals surface area contributed by atoms with Crippen molar-refractivity contribution in [3.63, 3.8) is 0 Å². The summed E-state index contributed by atoms with van der Waals surface area (Å²) in [6, 6.07) is 5.03. The molecule has 5 heteroatoms. The monoisotopic (exact) mass is 278 g/mol. The molecule has 1 unspecified atom stereocenters. The first kappa shape index (κ1) is 14.7. The van der Waals surface area contributed by atoms with E-state index in [9.17, 15) is 4.79 Å². The maximum absolute atomic E-state index is 12.1. The van der Waals surface area contributed by atoms with Crippen LogP contribution in [0.3, 0.4) is 0 Å². The zero-order valence-corrected chi connectivity index (χ0v) is 11.9. The molecule has 1 aliphatic rings. The van der Waals surface area contributed by atoms with Crippen LogP contribution < -0.4 is 15.8 Å². The molecule has 20 heavy (non-hydrogen) atoms. The number of carbonyl (C=O) groups excluding carboxylic acids is 1. The molecule has 0 spiro atoms. The predicted molar refractivity (Wildman–Crippen MR) is 77.9 cm³/mol. The average Bonchev–Trinajstić information content (AvgIpc) is 2.48. The Balaban J connectivity index is 1.85. The van der Waals surface area contributed by atoms with E-state index in [1.807, 2.05) is 0 Å². The van der Waals surface area contributed by atoms with Gasteiger partial charge in [-0.2, -0.15) is 0 Å². The molecule has 2 rings (SSSR count). The lowest BCUT2D eigenvalue weighted by atomic mass is 10.1. The summed E-state index contributed by atoms with van der Waals surface area (Å²) in [5.41, 5.74) is 6.76. The minimum Gasteiger partial charge on any atom is -0.496 e. The van der Waals surface area contributed by atoms with Crippen molar-refractivity contribution < 1.29 is 14.3 Å². The van der Waals surface area contributed by atoms with Crippen LogP contribution in [-0.2, 0) is 4.74 Å². The van der Waals surface area contributed by atoms with Gasteiger partial charge in [-0.05, 0) is 37.8 Å². The molecule has 3 N–H and O–H groups in total. The first-order valence-electron chi connectivity index (χ1n) is 7.04. The number of nitrogens with two attached hydrogens (primary N) is 1. The molecular formula is C15H22N2O3. The predicted octanol–water partition coefficient (Wildman–Crippen LogP) is 1.97. The molecule has 1 amide bonds. The fourth-order valence-electron chi connectivity index (χ4n) is 2.37. The van der Waals surface area contributed by atoms with Crippen molar-refractivity contribution >= 4 is 11.6 Å². The van der Waals surface area contributed by atoms with Crippen LogP contribution in [-0.4, -0.2) is 32.3 Å². The first-order chi connectivity index (χ1) is 9.70. The van der Waals surface area contributed by atoms with Crippen molar-refractivity contribution in [3.05, 3.63) is 23.8 Å². The Labute approximate surface area is 119 Å². The Morgan fingerprint density at radius 3 is 3.05 bits per heavy atom. The van der Waals surface area contributed by atoms with E-state index in [-0.39, 0.29) is 12.0 Å². The van der Waals surface area contributed by atoms with E-state index < -0.39 is 0 Å². The molecule has 0 bridgehead atoms. The van der Waals surface area contributed by atoms with Gasteiger partial charge >= 0.3 is 0 Å². The molecule has 5 nitrogen and oxygen atoms in total. The van der Waals surface area contributed by atoms with Crippen LogP contribution in [0.1, 0.15) is 36.0 Å². The molecule has 0 saturated carbocycles. The largest absolute Gasteiger partial charge is 0.496 e. The second-order valence-electron chi connectivity index (χ2n) is 4.99. The van der Waals surface area contributed by atoms with Gasteiger partial charge in [0.2, 0.25) is 0 Å². The Morgan fingerprint density at radius 2 is 2.35 bits per heavy atom. The van der Waals surface area contributed by atoms with E-state index in [4.69, 9.17) is 15.2 Å². The number of ether oxygens (including phenoxy) is 2. The molecule has 0 radical (unpaired) electrons. The number of amides is 1. The highest BCUT2D eigenvalue weighted by atomic mass is 16.5. The van der Waals surface area contributed by atoms with Gasteiger partial charge in [-0.3, -0.25) is 4.79 Å². The molecule has 1 aromatic carbocycles. The van der Waals surface area contributed by atoms with Gasteiger partial charge in [0.1, 0.15) is 5.75 Å². The van der Waals surface area contributed by atoms with Crippen LogP contribution in [0.4, 0.5) is 5.69 Å². The summed E-state index contributed by atoms with van der Waals surface area (Å²) in [5, 5.41) is 2.90. The number of methoxy groups -OCH3 is 1. The minimum atomic E-state index is -0.141. The quantitative estimate of drug-likeness (QED) is 0.808. The standard InChI is InChI=1S/C15H22N2O3/c1-19-14-10-11(16)5-6-13(14)15(18)17-8-7-12-4-2-3-9-20-12/h5-6,10,12H,2-4,7-9,16H2,1H3,(H,17,18). The third-order valence-corrected chi connectivity index (χ3v) is 3.50. The van der Waals surface area contributed by atoms with Crippen molar-refractivity contribution in [3.8, 4) is 5.75 Å². The van der Waals surface area contributed by atoms with Gasteiger partial charge in [0.05, 0.1) is 18.8 Å². The van der Waals surface area contributed by atoms with Crippen molar-refractivity contribution in [2.45, 2.75) is 31.8 Å². The molecule has 1 atom stereocenters. The lowest BCUT2D eigenvalue weighted by Crippen LogP contribution is -2.29. The Kier molecular flexibility index (Phi) is 5.24. The number of nitrogen functional groups attached to an aromatic ring is 1. The number of hydrogen-bond acceptors (Lipinski definition) is 4. The summed E-state index contributed by atoms with van der Waals surface area (Å²) < 4.78 is 10.8. The maximum Gasteiger partial charge on any atom is 0.255 e. The first-order valence-corrected chi connectivity index (χ1v) is 7.04. The number of carbonyl (C=O) groups is 1. The van der Waals surface area contributed by atoms with Crippen LogP contribution in [0.25, 0.3) is 0 Å². The van der Waals surface area contributed by atoms with Crippen LogP contribution in [0.2, 0.25) is 0 Å². The van der Waals surface area contributed by atoms with Crippen molar-refractivity contribution in [1.29, 1.82) is 0 Å². The Hall–Kier alpha value is -1.75. The van der Waals surface area contributed by atoms with E-state index in [0.717, 1.165) is 25.9 Å². The molecule has 1 heterocycles. The molecule has 1 aliphatic heterocycles. The minimum absolute atomic E-state index is 0.141. The third kappa shape index (κ3) is 3.87. The van der Waals surface area contributed by atoms with E-state index in [1.165, 1.54) is 13.5 Å². The number of benzene rings is 1. The molecule has 110 valence electrons. The van der Waals surface area contributed by atoms with Gasteiger partial charge < -0.3 is 20.5 Å². The summed E-state index contributed by atoms with van der Waals surface area (Å²) in [6.07, 6.45) is 4.57. The summed E-state index contributed by atoms with van der Waals surface area (Å²) in [5.74, 6) is 0.356. The van der Waals surface area contributed by atoms with Gasteiger partial charge in [-0.15, -0.1) is 0 Å². The molecule has 1 aromatic rings. The Morgan fingerprint density at radius 1 is 1.50 bits per heavy atom. The van der Waals surface area contributed by atoms with Gasteiger partial charge in [-0.1, -0.05) is 0 Å². The van der Waals surface area contributed by atoms with Crippen molar-refractivity contribution in [1.82, 2.24) is 5.32 Å². The Bertz CT molecular complexity index is 456. The third-order valence-electron chi connectivity index (χ3n) is 3.50. The molecule has 0 aliphatic carbocycles.